The van der Waals surface area contributed by atoms with E-state index in [1.807, 2.05) is 6.07 Å². The lowest BCUT2D eigenvalue weighted by atomic mass is 10.0. The molecule has 0 radical (unpaired) electrons. The maximum absolute atomic E-state index is 13.8. The monoisotopic (exact) mass is 507 g/mol. The molecule has 1 aromatic heterocycles. The third kappa shape index (κ3) is 4.60. The van der Waals surface area contributed by atoms with Gasteiger partial charge in [0.2, 0.25) is 11.9 Å². The number of fused-ring (bicyclic) bond motifs is 1. The van der Waals surface area contributed by atoms with Gasteiger partial charge >= 0.3 is 0 Å². The van der Waals surface area contributed by atoms with Gasteiger partial charge in [0.25, 0.3) is 5.91 Å². The molecule has 8 nitrogen and oxygen atoms in total. The summed E-state index contributed by atoms with van der Waals surface area (Å²) >= 11 is 0. The van der Waals surface area contributed by atoms with Crippen LogP contribution in [0.1, 0.15) is 48.5 Å². The molecule has 1 N–H and O–H groups in total. The molecule has 1 fully saturated rings. The van der Waals surface area contributed by atoms with Gasteiger partial charge in [-0.3, -0.25) is 19.1 Å². The largest absolute Gasteiger partial charge is 0.362 e. The van der Waals surface area contributed by atoms with Crippen LogP contribution < -0.4 is 10.2 Å². The van der Waals surface area contributed by atoms with Gasteiger partial charge in [0.15, 0.2) is 0 Å². The number of benzene rings is 2. The number of anilines is 2. The highest BCUT2D eigenvalue weighted by Crippen LogP contribution is 2.37. The van der Waals surface area contributed by atoms with Gasteiger partial charge in [0, 0.05) is 42.0 Å². The molecule has 5 rings (SSSR count). The number of nitrogens with one attached hydrogen (secondary N) is 1. The summed E-state index contributed by atoms with van der Waals surface area (Å²) in [6.45, 7) is 2.48. The standard InChI is InChI=1S/C26H26FN5O3S/c1-16(33)32-15-18-12-21(36(2)35)8-9-22(18)24(32)25(34)30-26-28-13-20(14-29-26)31-10-4-7-23(31)17-5-3-6-19(27)11-17/h3,5-6,8-9,11-14,23-24H,4,7,10,15H2,1-2H3,(H,28,29,30,34). The summed E-state index contributed by atoms with van der Waals surface area (Å²) in [5, 5.41) is 2.73. The lowest BCUT2D eigenvalue weighted by Gasteiger charge is -2.27. The van der Waals surface area contributed by atoms with E-state index in [0.717, 1.165) is 36.2 Å². The third-order valence-corrected chi connectivity index (χ3v) is 7.66. The Balaban J connectivity index is 1.34. The molecule has 0 bridgehead atoms. The summed E-state index contributed by atoms with van der Waals surface area (Å²) in [6.07, 6.45) is 6.75. The normalized spacial score (nSPS) is 19.8. The van der Waals surface area contributed by atoms with Crippen LogP contribution in [0.15, 0.2) is 59.8 Å². The van der Waals surface area contributed by atoms with Gasteiger partial charge in [-0.2, -0.15) is 0 Å². The highest BCUT2D eigenvalue weighted by atomic mass is 32.2. The van der Waals surface area contributed by atoms with Crippen LogP contribution in [-0.2, 0) is 26.9 Å². The predicted octanol–water partition coefficient (Wildman–Crippen LogP) is 3.74. The van der Waals surface area contributed by atoms with Crippen LogP contribution in [0.4, 0.5) is 16.0 Å². The first kappa shape index (κ1) is 24.1. The minimum Gasteiger partial charge on any atom is -0.362 e. The summed E-state index contributed by atoms with van der Waals surface area (Å²) in [5.41, 5.74) is 3.19. The number of hydrogen-bond donors (Lipinski definition) is 1. The zero-order valence-corrected chi connectivity index (χ0v) is 20.8. The Bertz CT molecular complexity index is 1350. The Morgan fingerprint density at radius 1 is 1.14 bits per heavy atom. The van der Waals surface area contributed by atoms with Crippen LogP contribution in [0.2, 0.25) is 0 Å². The van der Waals surface area contributed by atoms with E-state index >= 15 is 0 Å². The van der Waals surface area contributed by atoms with E-state index in [2.05, 4.69) is 20.2 Å². The predicted molar refractivity (Wildman–Crippen MR) is 134 cm³/mol. The van der Waals surface area contributed by atoms with Crippen LogP contribution in [0.3, 0.4) is 0 Å². The van der Waals surface area contributed by atoms with E-state index in [1.54, 1.807) is 49.0 Å². The van der Waals surface area contributed by atoms with Gasteiger partial charge in [-0.05, 0) is 53.8 Å². The molecular weight excluding hydrogens is 481 g/mol. The fourth-order valence-corrected chi connectivity index (χ4v) is 5.60. The molecule has 2 aliphatic heterocycles. The molecule has 3 heterocycles. The number of hydrogen-bond acceptors (Lipinski definition) is 6. The van der Waals surface area contributed by atoms with Gasteiger partial charge in [-0.25, -0.2) is 14.4 Å². The Hall–Kier alpha value is -3.66. The van der Waals surface area contributed by atoms with Gasteiger partial charge in [-0.15, -0.1) is 0 Å². The van der Waals surface area contributed by atoms with Crippen LogP contribution in [0, 0.1) is 5.82 Å². The third-order valence-electron chi connectivity index (χ3n) is 6.74. The van der Waals surface area contributed by atoms with E-state index in [1.165, 1.54) is 17.9 Å². The first-order valence-corrected chi connectivity index (χ1v) is 13.3. The van der Waals surface area contributed by atoms with Crippen LogP contribution >= 0.6 is 0 Å². The van der Waals surface area contributed by atoms with Crippen LogP contribution in [0.5, 0.6) is 0 Å². The van der Waals surface area contributed by atoms with Gasteiger partial charge in [-0.1, -0.05) is 18.2 Å². The zero-order valence-electron chi connectivity index (χ0n) is 20.0. The average Bonchev–Trinajstić information content (AvgIpc) is 3.49. The van der Waals surface area contributed by atoms with E-state index in [0.29, 0.717) is 10.5 Å². The van der Waals surface area contributed by atoms with Crippen molar-refractivity contribution in [1.29, 1.82) is 0 Å². The fraction of sp³-hybridized carbons (Fsp3) is 0.308. The molecule has 2 aliphatic rings. The van der Waals surface area contributed by atoms with Crippen molar-refractivity contribution >= 4 is 34.2 Å². The first-order valence-electron chi connectivity index (χ1n) is 11.7. The minimum atomic E-state index is -1.16. The van der Waals surface area contributed by atoms with Crippen LogP contribution in [-0.4, -0.2) is 43.7 Å². The number of nitrogens with zero attached hydrogens (tertiary/aromatic N) is 4. The summed E-state index contributed by atoms with van der Waals surface area (Å²) < 4.78 is 25.6. The zero-order chi connectivity index (χ0) is 25.4. The summed E-state index contributed by atoms with van der Waals surface area (Å²) in [6, 6.07) is 11.1. The van der Waals surface area contributed by atoms with Crippen molar-refractivity contribution in [2.75, 3.05) is 23.0 Å². The quantitative estimate of drug-likeness (QED) is 0.565. The van der Waals surface area contributed by atoms with Crippen molar-refractivity contribution in [1.82, 2.24) is 14.9 Å². The molecule has 3 aromatic rings. The van der Waals surface area contributed by atoms with Crippen molar-refractivity contribution < 1.29 is 18.2 Å². The minimum absolute atomic E-state index is 0.0335. The van der Waals surface area contributed by atoms with Crippen molar-refractivity contribution in [3.05, 3.63) is 77.4 Å². The van der Waals surface area contributed by atoms with E-state index in [4.69, 9.17) is 0 Å². The van der Waals surface area contributed by atoms with Crippen molar-refractivity contribution in [3.63, 3.8) is 0 Å². The van der Waals surface area contributed by atoms with E-state index in [-0.39, 0.29) is 30.3 Å². The highest BCUT2D eigenvalue weighted by molar-refractivity contribution is 7.84. The maximum Gasteiger partial charge on any atom is 0.254 e. The number of rotatable bonds is 5. The Kier molecular flexibility index (Phi) is 6.53. The number of halogens is 1. The fourth-order valence-electron chi connectivity index (χ4n) is 5.03. The van der Waals surface area contributed by atoms with Crippen molar-refractivity contribution in [2.24, 2.45) is 0 Å². The molecular formula is C26H26FN5O3S. The number of amides is 2. The Morgan fingerprint density at radius 3 is 2.61 bits per heavy atom. The molecule has 36 heavy (non-hydrogen) atoms. The van der Waals surface area contributed by atoms with Gasteiger partial charge in [0.05, 0.1) is 24.1 Å². The molecule has 0 aliphatic carbocycles. The second-order valence-corrected chi connectivity index (χ2v) is 10.4. The Labute approximate surface area is 211 Å². The number of aromatic nitrogens is 2. The van der Waals surface area contributed by atoms with E-state index < -0.39 is 22.7 Å². The molecule has 186 valence electrons. The van der Waals surface area contributed by atoms with E-state index in [9.17, 15) is 18.2 Å². The summed E-state index contributed by atoms with van der Waals surface area (Å²) in [5.74, 6) is -0.783. The Morgan fingerprint density at radius 2 is 1.92 bits per heavy atom. The summed E-state index contributed by atoms with van der Waals surface area (Å²) in [4.78, 5) is 38.5. The average molecular weight is 508 g/mol. The molecule has 0 spiro atoms. The molecule has 3 atom stereocenters. The van der Waals surface area contributed by atoms with Gasteiger partial charge < -0.3 is 9.80 Å². The molecule has 1 saturated heterocycles. The topological polar surface area (TPSA) is 95.5 Å². The van der Waals surface area contributed by atoms with Crippen molar-refractivity contribution in [3.8, 4) is 0 Å². The second-order valence-electron chi connectivity index (χ2n) is 9.02. The summed E-state index contributed by atoms with van der Waals surface area (Å²) in [7, 11) is -1.16. The maximum atomic E-state index is 13.8. The SMILES string of the molecule is CC(=O)N1Cc2cc(S(C)=O)ccc2C1C(=O)Nc1ncc(N2CCCC2c2cccc(F)c2)cn1. The molecule has 3 unspecified atom stereocenters. The first-order chi connectivity index (χ1) is 17.3. The highest BCUT2D eigenvalue weighted by Gasteiger charge is 2.38. The van der Waals surface area contributed by atoms with Gasteiger partial charge in [0.1, 0.15) is 11.9 Å². The molecule has 0 saturated carbocycles. The molecule has 10 heteroatoms. The molecule has 2 amide bonds. The lowest BCUT2D eigenvalue weighted by Crippen LogP contribution is -2.35. The molecule has 2 aromatic carbocycles. The van der Waals surface area contributed by atoms with Crippen LogP contribution in [0.25, 0.3) is 0 Å². The number of carbonyl (C=O) groups is 2. The number of carbonyl (C=O) groups excluding carboxylic acids is 2. The smallest absolute Gasteiger partial charge is 0.254 e. The second kappa shape index (κ2) is 9.77. The lowest BCUT2D eigenvalue weighted by molar-refractivity contribution is -0.136. The van der Waals surface area contributed by atoms with Crippen molar-refractivity contribution in [2.45, 2.75) is 43.3 Å².